The summed E-state index contributed by atoms with van der Waals surface area (Å²) >= 11 is 0. The molecule has 0 saturated carbocycles. The molecule has 1 saturated heterocycles. The van der Waals surface area contributed by atoms with E-state index in [1.54, 1.807) is 66.7 Å². The first-order chi connectivity index (χ1) is 17.4. The van der Waals surface area contributed by atoms with Gasteiger partial charge < -0.3 is 19.3 Å². The highest BCUT2D eigenvalue weighted by molar-refractivity contribution is 6.51. The summed E-state index contributed by atoms with van der Waals surface area (Å²) in [4.78, 5) is 28.0. The fourth-order valence-corrected chi connectivity index (χ4v) is 4.34. The molecule has 1 fully saturated rings. The van der Waals surface area contributed by atoms with Crippen LogP contribution in [0.15, 0.2) is 72.3 Å². The van der Waals surface area contributed by atoms with Crippen LogP contribution in [0.25, 0.3) is 5.76 Å². The van der Waals surface area contributed by atoms with Crippen molar-refractivity contribution in [3.05, 3.63) is 89.0 Å². The van der Waals surface area contributed by atoms with Crippen LogP contribution in [-0.2, 0) is 9.59 Å². The number of nitriles is 1. The quantitative estimate of drug-likeness (QED) is 0.319. The monoisotopic (exact) mass is 482 g/mol. The zero-order valence-corrected chi connectivity index (χ0v) is 19.6. The molecule has 180 valence electrons. The molecule has 3 aromatic rings. The lowest BCUT2D eigenvalue weighted by molar-refractivity contribution is -0.132. The summed E-state index contributed by atoms with van der Waals surface area (Å²) in [6.07, 6.45) is -0.0845. The van der Waals surface area contributed by atoms with Gasteiger partial charge in [0.1, 0.15) is 11.5 Å². The first kappa shape index (κ1) is 23.0. The second kappa shape index (κ2) is 9.12. The number of rotatable bonds is 5. The van der Waals surface area contributed by atoms with Gasteiger partial charge in [0.2, 0.25) is 6.79 Å². The topological polar surface area (TPSA) is 109 Å². The maximum atomic E-state index is 13.4. The van der Waals surface area contributed by atoms with Gasteiger partial charge in [-0.1, -0.05) is 12.1 Å². The summed E-state index contributed by atoms with van der Waals surface area (Å²) < 4.78 is 16.6. The van der Waals surface area contributed by atoms with Gasteiger partial charge in [0.15, 0.2) is 11.5 Å². The van der Waals surface area contributed by atoms with Crippen LogP contribution in [0.3, 0.4) is 0 Å². The van der Waals surface area contributed by atoms with Crippen molar-refractivity contribution in [2.75, 3.05) is 11.7 Å². The number of fused-ring (bicyclic) bond motifs is 1. The van der Waals surface area contributed by atoms with Crippen molar-refractivity contribution in [3.63, 3.8) is 0 Å². The number of anilines is 1. The largest absolute Gasteiger partial charge is 0.507 e. The molecule has 0 radical (unpaired) electrons. The summed E-state index contributed by atoms with van der Waals surface area (Å²) in [6.45, 7) is 3.86. The minimum Gasteiger partial charge on any atom is -0.507 e. The molecule has 2 aliphatic heterocycles. The summed E-state index contributed by atoms with van der Waals surface area (Å²) in [5, 5.41) is 20.5. The van der Waals surface area contributed by atoms with E-state index in [1.165, 1.54) is 4.90 Å². The van der Waals surface area contributed by atoms with Gasteiger partial charge in [-0.25, -0.2) is 0 Å². The van der Waals surface area contributed by atoms with Crippen LogP contribution in [0.2, 0.25) is 0 Å². The smallest absolute Gasteiger partial charge is 0.300 e. The molecule has 36 heavy (non-hydrogen) atoms. The van der Waals surface area contributed by atoms with Crippen molar-refractivity contribution >= 4 is 23.1 Å². The maximum absolute atomic E-state index is 13.4. The Hall–Kier alpha value is -4.77. The lowest BCUT2D eigenvalue weighted by Gasteiger charge is -2.26. The summed E-state index contributed by atoms with van der Waals surface area (Å²) in [7, 11) is 0. The van der Waals surface area contributed by atoms with Gasteiger partial charge in [0, 0.05) is 11.3 Å². The van der Waals surface area contributed by atoms with E-state index < -0.39 is 17.7 Å². The molecule has 2 aliphatic rings. The average Bonchev–Trinajstić information content (AvgIpc) is 3.45. The van der Waals surface area contributed by atoms with E-state index >= 15 is 0 Å². The predicted molar refractivity (Wildman–Crippen MR) is 131 cm³/mol. The van der Waals surface area contributed by atoms with Gasteiger partial charge in [0.25, 0.3) is 11.7 Å². The van der Waals surface area contributed by atoms with Crippen molar-refractivity contribution in [1.82, 2.24) is 0 Å². The molecule has 1 atom stereocenters. The van der Waals surface area contributed by atoms with Crippen molar-refractivity contribution in [2.24, 2.45) is 0 Å². The number of Topliss-reactive ketones (excluding diaryl/α,β-unsaturated/α-hetero) is 1. The average molecular weight is 482 g/mol. The Morgan fingerprint density at radius 3 is 2.53 bits per heavy atom. The first-order valence-electron chi connectivity index (χ1n) is 11.3. The highest BCUT2D eigenvalue weighted by atomic mass is 16.7. The van der Waals surface area contributed by atoms with E-state index in [0.29, 0.717) is 39.6 Å². The number of carbonyl (C=O) groups excluding carboxylic acids is 2. The van der Waals surface area contributed by atoms with Crippen LogP contribution in [0.1, 0.15) is 36.6 Å². The molecule has 8 heteroatoms. The molecule has 0 spiro atoms. The molecular weight excluding hydrogens is 460 g/mol. The molecule has 5 rings (SSSR count). The Kier molecular flexibility index (Phi) is 5.82. The number of aliphatic hydroxyl groups excluding tert-OH is 1. The number of aliphatic hydroxyl groups is 1. The second-order valence-corrected chi connectivity index (χ2v) is 8.63. The van der Waals surface area contributed by atoms with E-state index in [1.807, 2.05) is 19.9 Å². The number of ether oxygens (including phenoxy) is 3. The molecule has 8 nitrogen and oxygen atoms in total. The molecule has 2 heterocycles. The second-order valence-electron chi connectivity index (χ2n) is 8.63. The van der Waals surface area contributed by atoms with Crippen LogP contribution in [0, 0.1) is 11.3 Å². The fourth-order valence-electron chi connectivity index (χ4n) is 4.34. The molecular formula is C28H22N2O6. The first-order valence-corrected chi connectivity index (χ1v) is 11.3. The summed E-state index contributed by atoms with van der Waals surface area (Å²) in [6, 6.07) is 19.4. The van der Waals surface area contributed by atoms with Crippen LogP contribution < -0.4 is 19.1 Å². The molecule has 1 N–H and O–H groups in total. The SMILES string of the molecule is CC(C)Oc1cccc(C2/C(=C(/O)c3ccc4c(c3)OCO4)C(=O)C(=O)N2c2ccc(C#N)cc2)c1. The van der Waals surface area contributed by atoms with Gasteiger partial charge in [-0.2, -0.15) is 5.26 Å². The Bertz CT molecular complexity index is 1440. The predicted octanol–water partition coefficient (Wildman–Crippen LogP) is 4.70. The minimum absolute atomic E-state index is 0.0608. The van der Waals surface area contributed by atoms with E-state index in [4.69, 9.17) is 19.5 Å². The standard InChI is InChI=1S/C28H22N2O6/c1-16(2)36-21-5-3-4-18(12-21)25-24(26(31)19-8-11-22-23(13-19)35-15-34-22)27(32)28(33)30(25)20-9-6-17(14-29)7-10-20/h3-13,16,25,31H,15H2,1-2H3/b26-24-. The molecule has 1 amide bonds. The number of hydrogen-bond acceptors (Lipinski definition) is 7. The lowest BCUT2D eigenvalue weighted by atomic mass is 9.94. The van der Waals surface area contributed by atoms with Crippen LogP contribution >= 0.6 is 0 Å². The van der Waals surface area contributed by atoms with Gasteiger partial charge in [-0.3, -0.25) is 14.5 Å². The van der Waals surface area contributed by atoms with Crippen molar-refractivity contribution in [3.8, 4) is 23.3 Å². The van der Waals surface area contributed by atoms with Gasteiger partial charge in [-0.15, -0.1) is 0 Å². The van der Waals surface area contributed by atoms with E-state index in [2.05, 4.69) is 0 Å². The van der Waals surface area contributed by atoms with Crippen LogP contribution in [0.5, 0.6) is 17.2 Å². The third-order valence-corrected chi connectivity index (χ3v) is 5.91. The van der Waals surface area contributed by atoms with E-state index in [9.17, 15) is 14.7 Å². The fraction of sp³-hybridized carbons (Fsp3) is 0.179. The van der Waals surface area contributed by atoms with Gasteiger partial charge >= 0.3 is 0 Å². The number of ketones is 1. The van der Waals surface area contributed by atoms with E-state index in [-0.39, 0.29) is 24.2 Å². The Morgan fingerprint density at radius 2 is 1.81 bits per heavy atom. The zero-order chi connectivity index (χ0) is 25.4. The highest BCUT2D eigenvalue weighted by Gasteiger charge is 2.47. The van der Waals surface area contributed by atoms with Gasteiger partial charge in [-0.05, 0) is 74.0 Å². The van der Waals surface area contributed by atoms with Crippen LogP contribution in [-0.4, -0.2) is 29.7 Å². The molecule has 3 aromatic carbocycles. The third-order valence-electron chi connectivity index (χ3n) is 5.91. The minimum atomic E-state index is -0.931. The van der Waals surface area contributed by atoms with Crippen molar-refractivity contribution in [2.45, 2.75) is 26.0 Å². The Labute approximate surface area is 207 Å². The number of carbonyl (C=O) groups is 2. The molecule has 0 bridgehead atoms. The Balaban J connectivity index is 1.68. The third kappa shape index (κ3) is 4.01. The molecule has 0 aromatic heterocycles. The number of nitrogens with zero attached hydrogens (tertiary/aromatic N) is 2. The van der Waals surface area contributed by atoms with Crippen LogP contribution in [0.4, 0.5) is 5.69 Å². The number of amides is 1. The van der Waals surface area contributed by atoms with Crippen molar-refractivity contribution in [1.29, 1.82) is 5.26 Å². The summed E-state index contributed by atoms with van der Waals surface area (Å²) in [5.41, 5.74) is 1.67. The highest BCUT2D eigenvalue weighted by Crippen LogP contribution is 2.44. The zero-order valence-electron chi connectivity index (χ0n) is 19.6. The summed E-state index contributed by atoms with van der Waals surface area (Å²) in [5.74, 6) is -0.417. The molecule has 1 unspecified atom stereocenters. The van der Waals surface area contributed by atoms with E-state index in [0.717, 1.165) is 0 Å². The number of hydrogen-bond donors (Lipinski definition) is 1. The normalized spacial score (nSPS) is 17.9. The number of benzene rings is 3. The lowest BCUT2D eigenvalue weighted by Crippen LogP contribution is -2.29. The maximum Gasteiger partial charge on any atom is 0.300 e. The van der Waals surface area contributed by atoms with Gasteiger partial charge in [0.05, 0.1) is 29.4 Å². The Morgan fingerprint density at radius 1 is 1.06 bits per heavy atom. The van der Waals surface area contributed by atoms with Crippen molar-refractivity contribution < 1.29 is 28.9 Å². The molecule has 0 aliphatic carbocycles.